The third-order valence-electron chi connectivity index (χ3n) is 5.21. The Balaban J connectivity index is 1.73. The third-order valence-corrected chi connectivity index (χ3v) is 5.21. The predicted octanol–water partition coefficient (Wildman–Crippen LogP) is 1.66. The monoisotopic (exact) mass is 369 g/mol. The van der Waals surface area contributed by atoms with Gasteiger partial charge < -0.3 is 20.1 Å². The molecule has 144 valence electrons. The van der Waals surface area contributed by atoms with E-state index in [1.807, 2.05) is 18.3 Å². The molecule has 1 aromatic carbocycles. The number of carbonyl (C=O) groups excluding carboxylic acids is 1. The second-order valence-electron chi connectivity index (χ2n) is 6.91. The lowest BCUT2D eigenvalue weighted by Gasteiger charge is -2.47. The van der Waals surface area contributed by atoms with Gasteiger partial charge in [0.2, 0.25) is 5.91 Å². The summed E-state index contributed by atoms with van der Waals surface area (Å²) in [7, 11) is 1.63. The number of ether oxygens (including phenoxy) is 1. The van der Waals surface area contributed by atoms with E-state index in [1.165, 1.54) is 5.56 Å². The number of aromatic nitrogens is 1. The van der Waals surface area contributed by atoms with E-state index in [-0.39, 0.29) is 30.5 Å². The van der Waals surface area contributed by atoms with Gasteiger partial charge in [-0.2, -0.15) is 0 Å². The number of methoxy groups -OCH3 is 1. The summed E-state index contributed by atoms with van der Waals surface area (Å²) in [6, 6.07) is 12.5. The van der Waals surface area contributed by atoms with Crippen molar-refractivity contribution in [3.63, 3.8) is 0 Å². The zero-order chi connectivity index (χ0) is 19.2. The molecule has 2 N–H and O–H groups in total. The first kappa shape index (κ1) is 19.5. The maximum Gasteiger partial charge on any atom is 0.219 e. The zero-order valence-electron chi connectivity index (χ0n) is 15.8. The van der Waals surface area contributed by atoms with E-state index in [2.05, 4.69) is 34.6 Å². The predicted molar refractivity (Wildman–Crippen MR) is 104 cm³/mol. The molecule has 2 heterocycles. The summed E-state index contributed by atoms with van der Waals surface area (Å²) in [6.07, 6.45) is 3.61. The molecule has 0 unspecified atom stereocenters. The number of rotatable bonds is 8. The van der Waals surface area contributed by atoms with Crippen LogP contribution in [0.4, 0.5) is 0 Å². The van der Waals surface area contributed by atoms with Crippen molar-refractivity contribution in [2.24, 2.45) is 0 Å². The van der Waals surface area contributed by atoms with Crippen molar-refractivity contribution in [3.8, 4) is 11.1 Å². The van der Waals surface area contributed by atoms with Crippen molar-refractivity contribution < 1.29 is 14.6 Å². The van der Waals surface area contributed by atoms with E-state index in [4.69, 9.17) is 4.74 Å². The van der Waals surface area contributed by atoms with Crippen LogP contribution in [0.3, 0.4) is 0 Å². The summed E-state index contributed by atoms with van der Waals surface area (Å²) in [5.74, 6) is 0.203. The zero-order valence-corrected chi connectivity index (χ0v) is 15.8. The molecule has 6 heteroatoms. The average Bonchev–Trinajstić information content (AvgIpc) is 2.68. The Hall–Kier alpha value is -2.28. The summed E-state index contributed by atoms with van der Waals surface area (Å²) >= 11 is 0. The highest BCUT2D eigenvalue weighted by Gasteiger charge is 2.41. The molecule has 1 aliphatic heterocycles. The third kappa shape index (κ3) is 4.53. The minimum Gasteiger partial charge on any atom is -0.395 e. The second kappa shape index (κ2) is 9.08. The molecule has 1 aliphatic rings. The molecule has 3 atom stereocenters. The Bertz CT molecular complexity index is 736. The molecule has 3 rings (SSSR count). The highest BCUT2D eigenvalue weighted by Crippen LogP contribution is 2.33. The number of aliphatic hydroxyl groups excluding tert-OH is 1. The molecule has 1 amide bonds. The molecular formula is C21H27N3O3. The smallest absolute Gasteiger partial charge is 0.219 e. The van der Waals surface area contributed by atoms with Gasteiger partial charge >= 0.3 is 0 Å². The van der Waals surface area contributed by atoms with Crippen LogP contribution in [0.5, 0.6) is 0 Å². The first-order chi connectivity index (χ1) is 13.1. The highest BCUT2D eigenvalue weighted by atomic mass is 16.5. The molecule has 0 saturated carbocycles. The molecule has 27 heavy (non-hydrogen) atoms. The number of nitrogens with one attached hydrogen (secondary N) is 1. The van der Waals surface area contributed by atoms with Crippen LogP contribution in [0.2, 0.25) is 0 Å². The van der Waals surface area contributed by atoms with Crippen LogP contribution in [0.15, 0.2) is 48.8 Å². The van der Waals surface area contributed by atoms with Crippen molar-refractivity contribution >= 4 is 5.91 Å². The van der Waals surface area contributed by atoms with Gasteiger partial charge in [0.25, 0.3) is 0 Å². The molecule has 0 radical (unpaired) electrons. The second-order valence-corrected chi connectivity index (χ2v) is 6.91. The number of benzene rings is 1. The lowest BCUT2D eigenvalue weighted by molar-refractivity contribution is -0.130. The SMILES string of the molecule is COCCN(C[C@@H]1N[C@@H](CO)[C@@H]1c1ccc(-c2cccnc2)cc1)C(C)=O. The van der Waals surface area contributed by atoms with Crippen LogP contribution in [0.25, 0.3) is 11.1 Å². The summed E-state index contributed by atoms with van der Waals surface area (Å²) in [6.45, 7) is 3.34. The van der Waals surface area contributed by atoms with Crippen LogP contribution in [-0.2, 0) is 9.53 Å². The molecule has 0 bridgehead atoms. The van der Waals surface area contributed by atoms with Crippen LogP contribution >= 0.6 is 0 Å². The van der Waals surface area contributed by atoms with E-state index >= 15 is 0 Å². The quantitative estimate of drug-likeness (QED) is 0.740. The molecule has 1 saturated heterocycles. The number of amides is 1. The maximum absolute atomic E-state index is 11.9. The number of nitrogens with zero attached hydrogens (tertiary/aromatic N) is 2. The summed E-state index contributed by atoms with van der Waals surface area (Å²) < 4.78 is 5.11. The normalized spacial score (nSPS) is 21.5. The fourth-order valence-corrected chi connectivity index (χ4v) is 3.69. The van der Waals surface area contributed by atoms with Gasteiger partial charge in [-0.3, -0.25) is 9.78 Å². The molecular weight excluding hydrogens is 342 g/mol. The Kier molecular flexibility index (Phi) is 6.55. The van der Waals surface area contributed by atoms with Crippen LogP contribution in [0, 0.1) is 0 Å². The van der Waals surface area contributed by atoms with Gasteiger partial charge in [-0.1, -0.05) is 30.3 Å². The van der Waals surface area contributed by atoms with Gasteiger partial charge in [-0.15, -0.1) is 0 Å². The molecule has 0 spiro atoms. The fourth-order valence-electron chi connectivity index (χ4n) is 3.69. The van der Waals surface area contributed by atoms with Crippen molar-refractivity contribution in [2.75, 3.05) is 33.4 Å². The minimum atomic E-state index is 0.00970. The minimum absolute atomic E-state index is 0.00970. The van der Waals surface area contributed by atoms with Crippen LogP contribution < -0.4 is 5.32 Å². The van der Waals surface area contributed by atoms with Crippen molar-refractivity contribution in [1.29, 1.82) is 0 Å². The lowest BCUT2D eigenvalue weighted by Crippen LogP contribution is -2.65. The topological polar surface area (TPSA) is 74.7 Å². The van der Waals surface area contributed by atoms with E-state index < -0.39 is 0 Å². The van der Waals surface area contributed by atoms with Crippen LogP contribution in [-0.4, -0.2) is 66.4 Å². The van der Waals surface area contributed by atoms with E-state index in [0.29, 0.717) is 19.7 Å². The van der Waals surface area contributed by atoms with E-state index in [9.17, 15) is 9.90 Å². The van der Waals surface area contributed by atoms with Gasteiger partial charge in [0, 0.05) is 57.5 Å². The fraction of sp³-hybridized carbons (Fsp3) is 0.429. The van der Waals surface area contributed by atoms with Crippen molar-refractivity contribution in [1.82, 2.24) is 15.2 Å². The first-order valence-corrected chi connectivity index (χ1v) is 9.25. The molecule has 1 fully saturated rings. The first-order valence-electron chi connectivity index (χ1n) is 9.25. The number of hydrogen-bond acceptors (Lipinski definition) is 5. The maximum atomic E-state index is 11.9. The van der Waals surface area contributed by atoms with Gasteiger partial charge in [-0.05, 0) is 22.8 Å². The van der Waals surface area contributed by atoms with E-state index in [0.717, 1.165) is 11.1 Å². The largest absolute Gasteiger partial charge is 0.395 e. The number of hydrogen-bond donors (Lipinski definition) is 2. The van der Waals surface area contributed by atoms with Crippen LogP contribution in [0.1, 0.15) is 18.4 Å². The van der Waals surface area contributed by atoms with E-state index in [1.54, 1.807) is 25.1 Å². The standard InChI is InChI=1S/C21H27N3O3/c1-15(26)24(10-11-27-2)13-19-21(20(14-25)23-19)17-7-5-16(6-8-17)18-4-3-9-22-12-18/h3-9,12,19-21,23,25H,10-11,13-14H2,1-2H3/t19-,20-,21+/m0/s1. The summed E-state index contributed by atoms with van der Waals surface area (Å²) in [5.41, 5.74) is 3.36. The Morgan fingerprint density at radius 3 is 2.59 bits per heavy atom. The van der Waals surface area contributed by atoms with Crippen molar-refractivity contribution in [3.05, 3.63) is 54.4 Å². The lowest BCUT2D eigenvalue weighted by atomic mass is 9.77. The number of pyridine rings is 1. The Labute approximate surface area is 160 Å². The molecule has 1 aromatic heterocycles. The van der Waals surface area contributed by atoms with Gasteiger partial charge in [0.05, 0.1) is 13.2 Å². The van der Waals surface area contributed by atoms with Gasteiger partial charge in [-0.25, -0.2) is 0 Å². The Morgan fingerprint density at radius 2 is 2.00 bits per heavy atom. The number of aliphatic hydroxyl groups is 1. The summed E-state index contributed by atoms with van der Waals surface area (Å²) in [5, 5.41) is 13.1. The average molecular weight is 369 g/mol. The molecule has 0 aliphatic carbocycles. The van der Waals surface area contributed by atoms with Gasteiger partial charge in [0.1, 0.15) is 0 Å². The van der Waals surface area contributed by atoms with Gasteiger partial charge in [0.15, 0.2) is 0 Å². The number of carbonyl (C=O) groups is 1. The molecule has 2 aromatic rings. The highest BCUT2D eigenvalue weighted by molar-refractivity contribution is 5.73. The van der Waals surface area contributed by atoms with Crippen molar-refractivity contribution in [2.45, 2.75) is 24.9 Å². The summed E-state index contributed by atoms with van der Waals surface area (Å²) in [4.78, 5) is 17.9. The molecule has 6 nitrogen and oxygen atoms in total. The Morgan fingerprint density at radius 1 is 1.22 bits per heavy atom.